The monoisotopic (exact) mass is 234 g/mol. The maximum atomic E-state index is 12.0. The Morgan fingerprint density at radius 1 is 1.35 bits per heavy atom. The Labute approximate surface area is 101 Å². The molecule has 1 aromatic carbocycles. The highest BCUT2D eigenvalue weighted by Gasteiger charge is 2.19. The first-order valence-corrected chi connectivity index (χ1v) is 5.91. The number of benzene rings is 1. The van der Waals surface area contributed by atoms with E-state index in [4.69, 9.17) is 10.5 Å². The maximum Gasteiger partial charge on any atom is 0.181 e. The van der Waals surface area contributed by atoms with Gasteiger partial charge in [-0.15, -0.1) is 0 Å². The third kappa shape index (κ3) is 2.65. The predicted octanol–water partition coefficient (Wildman–Crippen LogP) is 1.05. The van der Waals surface area contributed by atoms with Gasteiger partial charge in [-0.1, -0.05) is 12.1 Å². The lowest BCUT2D eigenvalue weighted by Gasteiger charge is -2.30. The van der Waals surface area contributed by atoms with Gasteiger partial charge in [0.1, 0.15) is 0 Å². The molecule has 17 heavy (non-hydrogen) atoms. The highest BCUT2D eigenvalue weighted by molar-refractivity contribution is 6.04. The van der Waals surface area contributed by atoms with Gasteiger partial charge in [-0.3, -0.25) is 4.79 Å². The number of ether oxygens (including phenoxy) is 1. The lowest BCUT2D eigenvalue weighted by molar-refractivity contribution is 0.0966. The van der Waals surface area contributed by atoms with Crippen LogP contribution in [0.3, 0.4) is 0 Å². The summed E-state index contributed by atoms with van der Waals surface area (Å²) in [5.41, 5.74) is 7.36. The second-order valence-electron chi connectivity index (χ2n) is 4.27. The van der Waals surface area contributed by atoms with Crippen LogP contribution in [0.15, 0.2) is 24.3 Å². The van der Waals surface area contributed by atoms with E-state index in [9.17, 15) is 4.79 Å². The van der Waals surface area contributed by atoms with Crippen molar-refractivity contribution in [3.8, 4) is 0 Å². The average molecular weight is 234 g/mol. The van der Waals surface area contributed by atoms with Crippen LogP contribution in [0.25, 0.3) is 0 Å². The number of ketones is 1. The van der Waals surface area contributed by atoms with Gasteiger partial charge in [0.2, 0.25) is 0 Å². The molecule has 0 bridgehead atoms. The minimum Gasteiger partial charge on any atom is -0.378 e. The number of para-hydroxylation sites is 1. The van der Waals surface area contributed by atoms with E-state index < -0.39 is 6.04 Å². The topological polar surface area (TPSA) is 55.6 Å². The van der Waals surface area contributed by atoms with Crippen molar-refractivity contribution in [2.75, 3.05) is 31.2 Å². The number of hydrogen-bond donors (Lipinski definition) is 1. The summed E-state index contributed by atoms with van der Waals surface area (Å²) in [6.45, 7) is 4.78. The summed E-state index contributed by atoms with van der Waals surface area (Å²) in [5.74, 6) is -0.00732. The van der Waals surface area contributed by atoms with Gasteiger partial charge >= 0.3 is 0 Å². The molecule has 1 atom stereocenters. The largest absolute Gasteiger partial charge is 0.378 e. The number of morpholine rings is 1. The molecule has 2 N–H and O–H groups in total. The molecule has 0 amide bonds. The van der Waals surface area contributed by atoms with Gasteiger partial charge in [0.05, 0.1) is 19.3 Å². The van der Waals surface area contributed by atoms with E-state index in [1.165, 1.54) is 0 Å². The van der Waals surface area contributed by atoms with Crippen molar-refractivity contribution in [1.29, 1.82) is 0 Å². The number of carbonyl (C=O) groups excluding carboxylic acids is 1. The highest BCUT2D eigenvalue weighted by atomic mass is 16.5. The minimum absolute atomic E-state index is 0.00732. The summed E-state index contributed by atoms with van der Waals surface area (Å²) in [6.07, 6.45) is 0. The third-order valence-electron chi connectivity index (χ3n) is 2.93. The quantitative estimate of drug-likeness (QED) is 0.794. The van der Waals surface area contributed by atoms with Crippen molar-refractivity contribution in [3.05, 3.63) is 29.8 Å². The van der Waals surface area contributed by atoms with E-state index in [1.807, 2.05) is 24.3 Å². The van der Waals surface area contributed by atoms with E-state index in [0.29, 0.717) is 18.8 Å². The number of carbonyl (C=O) groups is 1. The first-order chi connectivity index (χ1) is 8.20. The summed E-state index contributed by atoms with van der Waals surface area (Å²) in [5, 5.41) is 0. The van der Waals surface area contributed by atoms with Gasteiger partial charge in [0, 0.05) is 24.3 Å². The molecule has 1 aliphatic heterocycles. The predicted molar refractivity (Wildman–Crippen MR) is 67.5 cm³/mol. The number of Topliss-reactive ketones (excluding diaryl/α,β-unsaturated/α-hetero) is 1. The molecule has 2 rings (SSSR count). The van der Waals surface area contributed by atoms with Crippen molar-refractivity contribution in [1.82, 2.24) is 0 Å². The van der Waals surface area contributed by atoms with Gasteiger partial charge in [-0.25, -0.2) is 0 Å². The average Bonchev–Trinajstić information content (AvgIpc) is 2.39. The molecule has 1 fully saturated rings. The SMILES string of the molecule is CC(N)C(=O)c1ccccc1N1CCOCC1. The standard InChI is InChI=1S/C13H18N2O2/c1-10(14)13(16)11-4-2-3-5-12(11)15-6-8-17-9-7-15/h2-5,10H,6-9,14H2,1H3. The molecule has 1 aliphatic rings. The van der Waals surface area contributed by atoms with Gasteiger partial charge in [0.25, 0.3) is 0 Å². The van der Waals surface area contributed by atoms with Gasteiger partial charge < -0.3 is 15.4 Å². The normalized spacial score (nSPS) is 17.9. The van der Waals surface area contributed by atoms with Crippen molar-refractivity contribution >= 4 is 11.5 Å². The molecule has 0 spiro atoms. The Kier molecular flexibility index (Phi) is 3.76. The van der Waals surface area contributed by atoms with E-state index >= 15 is 0 Å². The minimum atomic E-state index is -0.461. The molecule has 0 saturated carbocycles. The summed E-state index contributed by atoms with van der Waals surface area (Å²) in [6, 6.07) is 7.18. The van der Waals surface area contributed by atoms with Crippen LogP contribution in [-0.2, 0) is 4.74 Å². The number of nitrogens with zero attached hydrogens (tertiary/aromatic N) is 1. The smallest absolute Gasteiger partial charge is 0.181 e. The zero-order valence-corrected chi connectivity index (χ0v) is 10.1. The van der Waals surface area contributed by atoms with Crippen LogP contribution >= 0.6 is 0 Å². The molecule has 1 saturated heterocycles. The van der Waals surface area contributed by atoms with Gasteiger partial charge in [0.15, 0.2) is 5.78 Å². The van der Waals surface area contributed by atoms with Crippen LogP contribution in [-0.4, -0.2) is 38.1 Å². The zero-order chi connectivity index (χ0) is 12.3. The number of nitrogens with two attached hydrogens (primary N) is 1. The molecule has 1 unspecified atom stereocenters. The maximum absolute atomic E-state index is 12.0. The number of anilines is 1. The Hall–Kier alpha value is -1.39. The highest BCUT2D eigenvalue weighted by Crippen LogP contribution is 2.22. The van der Waals surface area contributed by atoms with E-state index in [2.05, 4.69) is 4.90 Å². The summed E-state index contributed by atoms with van der Waals surface area (Å²) in [4.78, 5) is 14.2. The fourth-order valence-corrected chi connectivity index (χ4v) is 2.01. The summed E-state index contributed by atoms with van der Waals surface area (Å²) < 4.78 is 5.32. The van der Waals surface area contributed by atoms with Crippen LogP contribution < -0.4 is 10.6 Å². The first kappa shape index (κ1) is 12.1. The molecule has 0 aromatic heterocycles. The Balaban J connectivity index is 2.29. The van der Waals surface area contributed by atoms with Gasteiger partial charge in [-0.05, 0) is 19.1 Å². The van der Waals surface area contributed by atoms with Crippen LogP contribution in [0.5, 0.6) is 0 Å². The fourth-order valence-electron chi connectivity index (χ4n) is 2.01. The second kappa shape index (κ2) is 5.29. The Bertz CT molecular complexity index is 398. The fraction of sp³-hybridized carbons (Fsp3) is 0.462. The number of hydrogen-bond acceptors (Lipinski definition) is 4. The van der Waals surface area contributed by atoms with Crippen molar-refractivity contribution in [2.45, 2.75) is 13.0 Å². The summed E-state index contributed by atoms with van der Waals surface area (Å²) in [7, 11) is 0. The molecule has 0 radical (unpaired) electrons. The zero-order valence-electron chi connectivity index (χ0n) is 10.1. The second-order valence-corrected chi connectivity index (χ2v) is 4.27. The molecular weight excluding hydrogens is 216 g/mol. The molecule has 4 nitrogen and oxygen atoms in total. The lowest BCUT2D eigenvalue weighted by Crippen LogP contribution is -2.38. The Morgan fingerprint density at radius 2 is 2.00 bits per heavy atom. The molecule has 1 heterocycles. The number of rotatable bonds is 3. The van der Waals surface area contributed by atoms with Crippen molar-refractivity contribution in [3.63, 3.8) is 0 Å². The molecule has 0 aliphatic carbocycles. The van der Waals surface area contributed by atoms with E-state index in [0.717, 1.165) is 18.8 Å². The molecule has 92 valence electrons. The summed E-state index contributed by atoms with van der Waals surface area (Å²) >= 11 is 0. The lowest BCUT2D eigenvalue weighted by atomic mass is 10.0. The van der Waals surface area contributed by atoms with Crippen LogP contribution in [0.4, 0.5) is 5.69 Å². The third-order valence-corrected chi connectivity index (χ3v) is 2.93. The van der Waals surface area contributed by atoms with Crippen molar-refractivity contribution < 1.29 is 9.53 Å². The van der Waals surface area contributed by atoms with Gasteiger partial charge in [-0.2, -0.15) is 0 Å². The Morgan fingerprint density at radius 3 is 2.65 bits per heavy atom. The van der Waals surface area contributed by atoms with Crippen LogP contribution in [0.1, 0.15) is 17.3 Å². The van der Waals surface area contributed by atoms with Crippen LogP contribution in [0.2, 0.25) is 0 Å². The molecular formula is C13H18N2O2. The molecule has 4 heteroatoms. The van der Waals surface area contributed by atoms with Crippen LogP contribution in [0, 0.1) is 0 Å². The first-order valence-electron chi connectivity index (χ1n) is 5.91. The molecule has 1 aromatic rings. The van der Waals surface area contributed by atoms with E-state index in [1.54, 1.807) is 6.92 Å². The van der Waals surface area contributed by atoms with E-state index in [-0.39, 0.29) is 5.78 Å². The van der Waals surface area contributed by atoms with Crippen molar-refractivity contribution in [2.24, 2.45) is 5.73 Å².